The average molecular weight is 488 g/mol. The number of unbranched alkanes of at least 4 members (excludes halogenated alkanes) is 2. The van der Waals surface area contributed by atoms with Crippen molar-refractivity contribution >= 4 is 38.0 Å². The number of nitrogens with one attached hydrogen (secondary N) is 2. The second-order valence-electron chi connectivity index (χ2n) is 8.18. The quantitative estimate of drug-likeness (QED) is 0.205. The number of aryl methyl sites for hydroxylation is 1. The molecule has 4 aromatic heterocycles. The average Bonchev–Trinajstić information content (AvgIpc) is 3.47. The standard InChI is InChI=1S/C15H22N4O4S.C7H7N3/c1-11(2)8-23-12(20)6-4-3-5-7-24(21,22)15-13-14(17-9-16-13)18-10-19-15;1-5-7-6(2-3-8-5)9-4-10-7/h9-11H,3-8H2,1-2H3,(H,16,17,18,19);2-4H,1H3,(H,9,10). The molecule has 0 fully saturated rings. The van der Waals surface area contributed by atoms with Crippen LogP contribution < -0.4 is 0 Å². The first-order chi connectivity index (χ1) is 16.3. The summed E-state index contributed by atoms with van der Waals surface area (Å²) in [5, 5.41) is -0.0265. The lowest BCUT2D eigenvalue weighted by molar-refractivity contribution is -0.144. The number of H-pyrrole nitrogens is 2. The first-order valence-corrected chi connectivity index (χ1v) is 12.7. The Morgan fingerprint density at radius 2 is 1.82 bits per heavy atom. The molecule has 0 radical (unpaired) electrons. The lowest BCUT2D eigenvalue weighted by Gasteiger charge is -2.07. The third-order valence-corrected chi connectivity index (χ3v) is 6.60. The summed E-state index contributed by atoms with van der Waals surface area (Å²) < 4.78 is 29.9. The summed E-state index contributed by atoms with van der Waals surface area (Å²) in [6.45, 7) is 6.31. The molecular formula is C22H29N7O4S. The van der Waals surface area contributed by atoms with Crippen LogP contribution in [0.2, 0.25) is 0 Å². The number of carbonyl (C=O) groups is 1. The zero-order valence-corrected chi connectivity index (χ0v) is 20.3. The number of aromatic amines is 2. The Kier molecular flexibility index (Phi) is 8.63. The summed E-state index contributed by atoms with van der Waals surface area (Å²) in [5.41, 5.74) is 3.64. The lowest BCUT2D eigenvalue weighted by atomic mass is 10.2. The van der Waals surface area contributed by atoms with E-state index in [4.69, 9.17) is 4.74 Å². The molecule has 0 bridgehead atoms. The molecule has 0 aromatic carbocycles. The van der Waals surface area contributed by atoms with Gasteiger partial charge in [-0.05, 0) is 31.7 Å². The summed E-state index contributed by atoms with van der Waals surface area (Å²) in [7, 11) is -3.52. The van der Waals surface area contributed by atoms with Gasteiger partial charge < -0.3 is 14.7 Å². The minimum absolute atomic E-state index is 0.0265. The number of hydrogen-bond donors (Lipinski definition) is 2. The van der Waals surface area contributed by atoms with E-state index in [1.54, 1.807) is 12.5 Å². The molecule has 182 valence electrons. The summed E-state index contributed by atoms with van der Waals surface area (Å²) in [6.07, 6.45) is 8.05. The van der Waals surface area contributed by atoms with Crippen LogP contribution in [0.4, 0.5) is 0 Å². The Bertz CT molecular complexity index is 1330. The highest BCUT2D eigenvalue weighted by Gasteiger charge is 2.20. The van der Waals surface area contributed by atoms with Crippen molar-refractivity contribution in [3.63, 3.8) is 0 Å². The third-order valence-electron chi connectivity index (χ3n) is 4.88. The van der Waals surface area contributed by atoms with Gasteiger partial charge in [-0.2, -0.15) is 0 Å². The number of ether oxygens (including phenoxy) is 1. The van der Waals surface area contributed by atoms with Gasteiger partial charge in [0.1, 0.15) is 17.4 Å². The van der Waals surface area contributed by atoms with Crippen molar-refractivity contribution < 1.29 is 17.9 Å². The van der Waals surface area contributed by atoms with Gasteiger partial charge in [-0.15, -0.1) is 0 Å². The van der Waals surface area contributed by atoms with Crippen molar-refractivity contribution in [2.24, 2.45) is 5.92 Å². The van der Waals surface area contributed by atoms with Crippen molar-refractivity contribution in [3.8, 4) is 0 Å². The second kappa shape index (κ2) is 11.6. The summed E-state index contributed by atoms with van der Waals surface area (Å²) >= 11 is 0. The SMILES string of the molecule is CC(C)COC(=O)CCCCCS(=O)(=O)c1ncnc2nc[nH]c12.Cc1nccc2[nH]cnc12. The Hall–Kier alpha value is -3.41. The molecule has 4 heterocycles. The van der Waals surface area contributed by atoms with E-state index in [0.717, 1.165) is 16.7 Å². The number of pyridine rings is 1. The Morgan fingerprint density at radius 1 is 1.03 bits per heavy atom. The highest BCUT2D eigenvalue weighted by molar-refractivity contribution is 7.91. The van der Waals surface area contributed by atoms with Crippen molar-refractivity contribution in [3.05, 3.63) is 36.9 Å². The number of imidazole rings is 2. The zero-order valence-electron chi connectivity index (χ0n) is 19.5. The van der Waals surface area contributed by atoms with E-state index in [-0.39, 0.29) is 16.7 Å². The molecule has 12 heteroatoms. The maximum atomic E-state index is 12.4. The summed E-state index contributed by atoms with van der Waals surface area (Å²) in [6, 6.07) is 1.91. The van der Waals surface area contributed by atoms with E-state index in [0.29, 0.717) is 49.4 Å². The molecule has 4 rings (SSSR count). The van der Waals surface area contributed by atoms with Crippen LogP contribution in [0.1, 0.15) is 45.2 Å². The fourth-order valence-corrected chi connectivity index (χ4v) is 4.60. The van der Waals surface area contributed by atoms with Crippen molar-refractivity contribution in [1.29, 1.82) is 0 Å². The third kappa shape index (κ3) is 6.80. The lowest BCUT2D eigenvalue weighted by Crippen LogP contribution is -2.11. The molecule has 34 heavy (non-hydrogen) atoms. The predicted molar refractivity (Wildman–Crippen MR) is 127 cm³/mol. The fourth-order valence-electron chi connectivity index (χ4n) is 3.15. The molecule has 11 nitrogen and oxygen atoms in total. The number of aromatic nitrogens is 7. The molecule has 0 aliphatic rings. The van der Waals surface area contributed by atoms with Crippen LogP contribution in [0, 0.1) is 12.8 Å². The van der Waals surface area contributed by atoms with E-state index in [9.17, 15) is 13.2 Å². The molecular weight excluding hydrogens is 458 g/mol. The van der Waals surface area contributed by atoms with Gasteiger partial charge in [0.15, 0.2) is 20.5 Å². The molecule has 0 atom stereocenters. The van der Waals surface area contributed by atoms with Gasteiger partial charge in [0.05, 0.1) is 36.2 Å². The molecule has 0 amide bonds. The van der Waals surface area contributed by atoms with Crippen molar-refractivity contribution in [2.75, 3.05) is 12.4 Å². The van der Waals surface area contributed by atoms with Gasteiger partial charge in [-0.3, -0.25) is 9.78 Å². The zero-order chi connectivity index (χ0) is 24.6. The largest absolute Gasteiger partial charge is 0.465 e. The van der Waals surface area contributed by atoms with E-state index in [1.807, 2.05) is 26.8 Å². The van der Waals surface area contributed by atoms with E-state index in [2.05, 4.69) is 34.9 Å². The number of hydrogen-bond acceptors (Lipinski definition) is 9. The van der Waals surface area contributed by atoms with Crippen LogP contribution in [0.5, 0.6) is 0 Å². The molecule has 0 saturated heterocycles. The number of sulfone groups is 1. The number of carbonyl (C=O) groups excluding carboxylic acids is 1. The fraction of sp³-hybridized carbons (Fsp3) is 0.455. The van der Waals surface area contributed by atoms with Crippen molar-refractivity contribution in [2.45, 2.75) is 51.5 Å². The van der Waals surface area contributed by atoms with E-state index >= 15 is 0 Å². The highest BCUT2D eigenvalue weighted by atomic mass is 32.2. The molecule has 4 aromatic rings. The Balaban J connectivity index is 0.000000266. The molecule has 0 aliphatic carbocycles. The maximum absolute atomic E-state index is 12.4. The molecule has 0 unspecified atom stereocenters. The Labute approximate surface area is 197 Å². The maximum Gasteiger partial charge on any atom is 0.305 e. The molecule has 0 saturated carbocycles. The number of esters is 1. The van der Waals surface area contributed by atoms with E-state index in [1.165, 1.54) is 12.7 Å². The van der Waals surface area contributed by atoms with Crippen LogP contribution >= 0.6 is 0 Å². The van der Waals surface area contributed by atoms with Crippen molar-refractivity contribution in [1.82, 2.24) is 34.9 Å². The molecule has 0 aliphatic heterocycles. The summed E-state index contributed by atoms with van der Waals surface area (Å²) in [4.78, 5) is 37.1. The normalized spacial score (nSPS) is 11.5. The van der Waals surface area contributed by atoms with Gasteiger partial charge >= 0.3 is 5.97 Å². The van der Waals surface area contributed by atoms with E-state index < -0.39 is 9.84 Å². The van der Waals surface area contributed by atoms with Crippen LogP contribution in [0.25, 0.3) is 22.2 Å². The monoisotopic (exact) mass is 487 g/mol. The van der Waals surface area contributed by atoms with Gasteiger partial charge in [-0.25, -0.2) is 28.4 Å². The van der Waals surface area contributed by atoms with Crippen LogP contribution in [0.15, 0.2) is 36.3 Å². The molecule has 2 N–H and O–H groups in total. The summed E-state index contributed by atoms with van der Waals surface area (Å²) in [5.74, 6) is 0.0481. The second-order valence-corrected chi connectivity index (χ2v) is 10.2. The first kappa shape index (κ1) is 25.2. The van der Waals surface area contributed by atoms with Crippen LogP contribution in [0.3, 0.4) is 0 Å². The number of rotatable bonds is 9. The number of nitrogens with zero attached hydrogens (tertiary/aromatic N) is 5. The topological polar surface area (TPSA) is 156 Å². The highest BCUT2D eigenvalue weighted by Crippen LogP contribution is 2.18. The minimum atomic E-state index is -3.52. The van der Waals surface area contributed by atoms with Gasteiger partial charge in [-0.1, -0.05) is 20.3 Å². The smallest absolute Gasteiger partial charge is 0.305 e. The number of fused-ring (bicyclic) bond motifs is 2. The van der Waals surface area contributed by atoms with Crippen LogP contribution in [-0.2, 0) is 19.4 Å². The van der Waals surface area contributed by atoms with Crippen LogP contribution in [-0.4, -0.2) is 61.6 Å². The predicted octanol–water partition coefficient (Wildman–Crippen LogP) is 3.15. The Morgan fingerprint density at radius 3 is 2.59 bits per heavy atom. The van der Waals surface area contributed by atoms with Gasteiger partial charge in [0, 0.05) is 12.6 Å². The van der Waals surface area contributed by atoms with Gasteiger partial charge in [0.2, 0.25) is 0 Å². The van der Waals surface area contributed by atoms with Gasteiger partial charge in [0.25, 0.3) is 0 Å². The minimum Gasteiger partial charge on any atom is -0.465 e. The molecule has 0 spiro atoms. The first-order valence-electron chi connectivity index (χ1n) is 11.0.